The summed E-state index contributed by atoms with van der Waals surface area (Å²) in [5.74, 6) is 0.0326. The third-order valence-electron chi connectivity index (χ3n) is 4.65. The van der Waals surface area contributed by atoms with Crippen molar-refractivity contribution in [2.75, 3.05) is 31.5 Å². The van der Waals surface area contributed by atoms with Crippen LogP contribution in [-0.2, 0) is 9.59 Å². The molecular formula is C20H26N4O2. The fourth-order valence-corrected chi connectivity index (χ4v) is 3.05. The molecule has 2 rings (SSSR count). The van der Waals surface area contributed by atoms with E-state index in [0.29, 0.717) is 32.1 Å². The maximum atomic E-state index is 12.6. The standard InChI is InChI=1S/C20H26N4O2/c1-14(2)18-7-5-6-15(3)19(18)22-13-17(12-21)20(26)24-10-8-23(9-11-24)16(4)25/h5-7,13-14,22H,8-11H2,1-4H3/b17-13-. The molecule has 6 nitrogen and oxygen atoms in total. The van der Waals surface area contributed by atoms with E-state index < -0.39 is 0 Å². The number of hydrogen-bond acceptors (Lipinski definition) is 4. The summed E-state index contributed by atoms with van der Waals surface area (Å²) in [6.07, 6.45) is 1.49. The van der Waals surface area contributed by atoms with Crippen molar-refractivity contribution in [2.45, 2.75) is 33.6 Å². The minimum absolute atomic E-state index is 0.00980. The Morgan fingerprint density at radius 1 is 1.19 bits per heavy atom. The largest absolute Gasteiger partial charge is 0.360 e. The first-order valence-corrected chi connectivity index (χ1v) is 8.86. The SMILES string of the molecule is CC(=O)N1CCN(C(=O)/C(C#N)=C\Nc2c(C)cccc2C(C)C)CC1. The number of amides is 2. The monoisotopic (exact) mass is 354 g/mol. The molecular weight excluding hydrogens is 328 g/mol. The summed E-state index contributed by atoms with van der Waals surface area (Å²) in [6.45, 7) is 9.62. The molecule has 1 aromatic carbocycles. The topological polar surface area (TPSA) is 76.4 Å². The van der Waals surface area contributed by atoms with Gasteiger partial charge in [0.15, 0.2) is 0 Å². The number of hydrogen-bond donors (Lipinski definition) is 1. The number of carbonyl (C=O) groups excluding carboxylic acids is 2. The molecule has 26 heavy (non-hydrogen) atoms. The van der Waals surface area contributed by atoms with Crippen molar-refractivity contribution in [2.24, 2.45) is 0 Å². The molecule has 6 heteroatoms. The Bertz CT molecular complexity index is 754. The van der Waals surface area contributed by atoms with E-state index in [1.807, 2.05) is 31.2 Å². The van der Waals surface area contributed by atoms with Crippen molar-refractivity contribution < 1.29 is 9.59 Å². The minimum Gasteiger partial charge on any atom is -0.360 e. The van der Waals surface area contributed by atoms with Crippen LogP contribution in [0, 0.1) is 18.3 Å². The van der Waals surface area contributed by atoms with Crippen LogP contribution in [0.25, 0.3) is 0 Å². The van der Waals surface area contributed by atoms with Gasteiger partial charge in [0, 0.05) is 45.0 Å². The lowest BCUT2D eigenvalue weighted by Crippen LogP contribution is -2.50. The molecule has 1 aliphatic heterocycles. The van der Waals surface area contributed by atoms with Crippen LogP contribution in [-0.4, -0.2) is 47.8 Å². The van der Waals surface area contributed by atoms with Gasteiger partial charge in [-0.25, -0.2) is 0 Å². The molecule has 0 spiro atoms. The fraction of sp³-hybridized carbons (Fsp3) is 0.450. The van der Waals surface area contributed by atoms with E-state index in [0.717, 1.165) is 16.8 Å². The first-order valence-electron chi connectivity index (χ1n) is 8.86. The van der Waals surface area contributed by atoms with Crippen LogP contribution in [0.2, 0.25) is 0 Å². The molecule has 0 bridgehead atoms. The van der Waals surface area contributed by atoms with Crippen LogP contribution in [0.4, 0.5) is 5.69 Å². The second kappa shape index (κ2) is 8.52. The Balaban J connectivity index is 2.13. The minimum atomic E-state index is -0.303. The number of nitrogens with one attached hydrogen (secondary N) is 1. The normalized spacial score (nSPS) is 15.0. The zero-order valence-electron chi connectivity index (χ0n) is 15.9. The number of benzene rings is 1. The first kappa shape index (κ1) is 19.5. The molecule has 1 heterocycles. The first-order chi connectivity index (χ1) is 12.3. The van der Waals surface area contributed by atoms with E-state index in [9.17, 15) is 14.9 Å². The van der Waals surface area contributed by atoms with Crippen LogP contribution < -0.4 is 5.32 Å². The molecule has 1 saturated heterocycles. The van der Waals surface area contributed by atoms with Gasteiger partial charge in [0.1, 0.15) is 11.6 Å². The number of aryl methyl sites for hydroxylation is 1. The van der Waals surface area contributed by atoms with E-state index >= 15 is 0 Å². The third kappa shape index (κ3) is 4.42. The number of nitriles is 1. The summed E-state index contributed by atoms with van der Waals surface area (Å²) >= 11 is 0. The molecule has 138 valence electrons. The lowest BCUT2D eigenvalue weighted by molar-refractivity contribution is -0.136. The predicted molar refractivity (Wildman–Crippen MR) is 101 cm³/mol. The molecule has 0 aromatic heterocycles. The summed E-state index contributed by atoms with van der Waals surface area (Å²) < 4.78 is 0. The molecule has 0 unspecified atom stereocenters. The van der Waals surface area contributed by atoms with Gasteiger partial charge in [0.2, 0.25) is 5.91 Å². The number of carbonyl (C=O) groups is 2. The number of nitrogens with zero attached hydrogens (tertiary/aromatic N) is 3. The van der Waals surface area contributed by atoms with Gasteiger partial charge in [-0.1, -0.05) is 32.0 Å². The van der Waals surface area contributed by atoms with Gasteiger partial charge >= 0.3 is 0 Å². The Labute approximate surface area is 155 Å². The van der Waals surface area contributed by atoms with Crippen molar-refractivity contribution in [3.63, 3.8) is 0 Å². The van der Waals surface area contributed by atoms with Crippen molar-refractivity contribution in [1.82, 2.24) is 9.80 Å². The fourth-order valence-electron chi connectivity index (χ4n) is 3.05. The van der Waals surface area contributed by atoms with Gasteiger partial charge in [-0.05, 0) is 24.0 Å². The highest BCUT2D eigenvalue weighted by Crippen LogP contribution is 2.27. The zero-order chi connectivity index (χ0) is 19.3. The maximum Gasteiger partial charge on any atom is 0.266 e. The highest BCUT2D eigenvalue weighted by Gasteiger charge is 2.24. The number of anilines is 1. The number of piperazine rings is 1. The van der Waals surface area contributed by atoms with E-state index in [-0.39, 0.29) is 17.4 Å². The summed E-state index contributed by atoms with van der Waals surface area (Å²) in [5, 5.41) is 12.6. The van der Waals surface area contributed by atoms with Crippen molar-refractivity contribution in [1.29, 1.82) is 5.26 Å². The second-order valence-electron chi connectivity index (χ2n) is 6.81. The highest BCUT2D eigenvalue weighted by molar-refractivity contribution is 5.97. The summed E-state index contributed by atoms with van der Waals surface area (Å²) in [5.41, 5.74) is 3.21. The van der Waals surface area contributed by atoms with Crippen molar-refractivity contribution >= 4 is 17.5 Å². The van der Waals surface area contributed by atoms with E-state index in [2.05, 4.69) is 19.2 Å². The average Bonchev–Trinajstić information content (AvgIpc) is 2.62. The average molecular weight is 354 g/mol. The van der Waals surface area contributed by atoms with Gasteiger partial charge in [0.05, 0.1) is 0 Å². The van der Waals surface area contributed by atoms with Gasteiger partial charge < -0.3 is 15.1 Å². The number of para-hydroxylation sites is 1. The van der Waals surface area contributed by atoms with Gasteiger partial charge in [-0.3, -0.25) is 9.59 Å². The molecule has 0 radical (unpaired) electrons. The molecule has 0 saturated carbocycles. The molecule has 1 N–H and O–H groups in total. The second-order valence-corrected chi connectivity index (χ2v) is 6.81. The molecule has 1 fully saturated rings. The van der Waals surface area contributed by atoms with Crippen molar-refractivity contribution in [3.05, 3.63) is 41.1 Å². The maximum absolute atomic E-state index is 12.6. The molecule has 2 amide bonds. The lowest BCUT2D eigenvalue weighted by Gasteiger charge is -2.34. The highest BCUT2D eigenvalue weighted by atomic mass is 16.2. The van der Waals surface area contributed by atoms with Crippen LogP contribution >= 0.6 is 0 Å². The van der Waals surface area contributed by atoms with E-state index in [4.69, 9.17) is 0 Å². The lowest BCUT2D eigenvalue weighted by atomic mass is 9.98. The summed E-state index contributed by atoms with van der Waals surface area (Å²) in [4.78, 5) is 27.3. The van der Waals surface area contributed by atoms with E-state index in [1.54, 1.807) is 9.80 Å². The van der Waals surface area contributed by atoms with Crippen LogP contribution in [0.1, 0.15) is 37.8 Å². The summed E-state index contributed by atoms with van der Waals surface area (Å²) in [7, 11) is 0. The zero-order valence-corrected chi connectivity index (χ0v) is 15.9. The van der Waals surface area contributed by atoms with Gasteiger partial charge in [-0.15, -0.1) is 0 Å². The Hall–Kier alpha value is -2.81. The molecule has 0 atom stereocenters. The molecule has 1 aromatic rings. The van der Waals surface area contributed by atoms with Gasteiger partial charge in [-0.2, -0.15) is 5.26 Å². The summed E-state index contributed by atoms with van der Waals surface area (Å²) in [6, 6.07) is 8.04. The van der Waals surface area contributed by atoms with Gasteiger partial charge in [0.25, 0.3) is 5.91 Å². The van der Waals surface area contributed by atoms with Crippen molar-refractivity contribution in [3.8, 4) is 6.07 Å². The van der Waals surface area contributed by atoms with Crippen LogP contribution in [0.15, 0.2) is 30.0 Å². The number of rotatable bonds is 4. The molecule has 0 aliphatic carbocycles. The Morgan fingerprint density at radius 3 is 2.35 bits per heavy atom. The Morgan fingerprint density at radius 2 is 1.81 bits per heavy atom. The quantitative estimate of drug-likeness (QED) is 0.666. The van der Waals surface area contributed by atoms with Crippen LogP contribution in [0.3, 0.4) is 0 Å². The van der Waals surface area contributed by atoms with E-state index in [1.165, 1.54) is 13.1 Å². The predicted octanol–water partition coefficient (Wildman–Crippen LogP) is 2.63. The smallest absolute Gasteiger partial charge is 0.266 e. The molecule has 1 aliphatic rings. The van der Waals surface area contributed by atoms with Crippen LogP contribution in [0.5, 0.6) is 0 Å². The Kier molecular flexibility index (Phi) is 6.40. The third-order valence-corrected chi connectivity index (χ3v) is 4.65.